The van der Waals surface area contributed by atoms with E-state index in [0.717, 1.165) is 0 Å². The van der Waals surface area contributed by atoms with Crippen molar-refractivity contribution in [3.63, 3.8) is 0 Å². The predicted octanol–water partition coefficient (Wildman–Crippen LogP) is -6.00. The van der Waals surface area contributed by atoms with Gasteiger partial charge >= 0.3 is 0 Å². The SMILES string of the molecule is CN[C@H]1[C@@H](O)[C@H](O[C@H]2[C@@H](O)[C@@H](O[C@H]3O[C@@H](CN)[C@@H](O)[C@@H](O)[C@H]3O)[C@@H](N)C[C@H]2N)OC[C@]1(C)O. The molecule has 13 N–H and O–H groups in total. The monoisotopic (exact) mass is 482 g/mol. The van der Waals surface area contributed by atoms with Crippen molar-refractivity contribution in [2.75, 3.05) is 20.2 Å². The molecule has 14 heteroatoms. The summed E-state index contributed by atoms with van der Waals surface area (Å²) < 4.78 is 22.5. The minimum absolute atomic E-state index is 0.138. The molecule has 1 aliphatic carbocycles. The number of nitrogens with one attached hydrogen (secondary N) is 1. The van der Waals surface area contributed by atoms with E-state index in [-0.39, 0.29) is 19.6 Å². The average molecular weight is 483 g/mol. The van der Waals surface area contributed by atoms with Crippen molar-refractivity contribution in [1.82, 2.24) is 5.32 Å². The van der Waals surface area contributed by atoms with Gasteiger partial charge in [0.25, 0.3) is 0 Å². The van der Waals surface area contributed by atoms with Crippen LogP contribution in [0.4, 0.5) is 0 Å². The van der Waals surface area contributed by atoms with Crippen molar-refractivity contribution < 1.29 is 49.6 Å². The second kappa shape index (κ2) is 10.6. The van der Waals surface area contributed by atoms with Crippen LogP contribution in [0.5, 0.6) is 0 Å². The fourth-order valence-corrected chi connectivity index (χ4v) is 4.74. The zero-order valence-corrected chi connectivity index (χ0v) is 18.7. The van der Waals surface area contributed by atoms with E-state index < -0.39 is 85.1 Å². The summed E-state index contributed by atoms with van der Waals surface area (Å²) in [7, 11) is 1.57. The lowest BCUT2D eigenvalue weighted by molar-refractivity contribution is -0.329. The predicted molar refractivity (Wildman–Crippen MR) is 111 cm³/mol. The van der Waals surface area contributed by atoms with Crippen LogP contribution in [0.2, 0.25) is 0 Å². The van der Waals surface area contributed by atoms with Gasteiger partial charge in [0.2, 0.25) is 0 Å². The van der Waals surface area contributed by atoms with E-state index in [9.17, 15) is 30.6 Å². The van der Waals surface area contributed by atoms with E-state index in [1.807, 2.05) is 0 Å². The number of hydrogen-bond acceptors (Lipinski definition) is 14. The number of aliphatic hydroxyl groups excluding tert-OH is 5. The van der Waals surface area contributed by atoms with Gasteiger partial charge in [-0.3, -0.25) is 0 Å². The number of ether oxygens (including phenoxy) is 4. The Balaban J connectivity index is 1.71. The van der Waals surface area contributed by atoms with E-state index in [0.29, 0.717) is 0 Å². The number of rotatable bonds is 6. The zero-order chi connectivity index (χ0) is 24.7. The lowest BCUT2D eigenvalue weighted by Gasteiger charge is -2.48. The van der Waals surface area contributed by atoms with Crippen molar-refractivity contribution in [3.8, 4) is 0 Å². The molecular weight excluding hydrogens is 444 g/mol. The third kappa shape index (κ3) is 5.34. The minimum atomic E-state index is -1.63. The first-order chi connectivity index (χ1) is 15.4. The lowest BCUT2D eigenvalue weighted by atomic mass is 9.84. The molecule has 0 amide bonds. The zero-order valence-electron chi connectivity index (χ0n) is 18.7. The van der Waals surface area contributed by atoms with Crippen LogP contribution >= 0.6 is 0 Å². The number of aliphatic hydroxyl groups is 6. The molecule has 194 valence electrons. The molecule has 3 fully saturated rings. The highest BCUT2D eigenvalue weighted by Crippen LogP contribution is 2.31. The van der Waals surface area contributed by atoms with Gasteiger partial charge < -0.3 is 72.1 Å². The molecule has 2 aliphatic heterocycles. The summed E-state index contributed by atoms with van der Waals surface area (Å²) in [6.45, 7) is 1.22. The summed E-state index contributed by atoms with van der Waals surface area (Å²) in [6, 6.07) is -2.30. The molecule has 0 spiro atoms. The van der Waals surface area contributed by atoms with Crippen LogP contribution in [0.3, 0.4) is 0 Å². The highest BCUT2D eigenvalue weighted by atomic mass is 16.7. The van der Waals surface area contributed by atoms with Gasteiger partial charge in [-0.05, 0) is 20.4 Å². The van der Waals surface area contributed by atoms with Crippen LogP contribution in [0.15, 0.2) is 0 Å². The first-order valence-corrected chi connectivity index (χ1v) is 11.0. The van der Waals surface area contributed by atoms with E-state index >= 15 is 0 Å². The summed E-state index contributed by atoms with van der Waals surface area (Å²) in [5.74, 6) is 0. The van der Waals surface area contributed by atoms with Crippen molar-refractivity contribution >= 4 is 0 Å². The maximum Gasteiger partial charge on any atom is 0.187 e. The summed E-state index contributed by atoms with van der Waals surface area (Å²) in [5.41, 5.74) is 16.5. The van der Waals surface area contributed by atoms with Gasteiger partial charge in [-0.2, -0.15) is 0 Å². The Labute approximate surface area is 191 Å². The molecule has 0 aromatic carbocycles. The number of likely N-dealkylation sites (N-methyl/N-ethyl adjacent to an activating group) is 1. The molecule has 0 unspecified atom stereocenters. The highest BCUT2D eigenvalue weighted by molar-refractivity contribution is 5.02. The standard InChI is InChI=1S/C19H38N4O10/c1-19(29)5-30-17(13(28)16(19)23-2)32-14-6(21)3-7(22)15(12(14)27)33-18-11(26)10(25)9(24)8(4-20)31-18/h6-18,23-29H,3-5,20-22H2,1-2H3/t6-,7+,8+,9-,10-,11-,12-,13-,14-,15+,16+,17+,18-,19+/m1/s1. The second-order valence-corrected chi connectivity index (χ2v) is 9.30. The molecule has 2 saturated heterocycles. The summed E-state index contributed by atoms with van der Waals surface area (Å²) >= 11 is 0. The van der Waals surface area contributed by atoms with Crippen molar-refractivity contribution in [2.24, 2.45) is 17.2 Å². The van der Waals surface area contributed by atoms with Gasteiger partial charge in [0.05, 0.1) is 12.6 Å². The third-order valence-electron chi connectivity index (χ3n) is 6.69. The lowest BCUT2D eigenvalue weighted by Crippen LogP contribution is -2.69. The molecule has 0 aromatic rings. The Morgan fingerprint density at radius 3 is 2.03 bits per heavy atom. The summed E-state index contributed by atoms with van der Waals surface area (Å²) in [6.07, 6.45) is -13.0. The van der Waals surface area contributed by atoms with E-state index in [1.54, 1.807) is 7.05 Å². The molecule has 1 saturated carbocycles. The minimum Gasteiger partial charge on any atom is -0.388 e. The first kappa shape index (κ1) is 27.0. The Morgan fingerprint density at radius 1 is 0.909 bits per heavy atom. The smallest absolute Gasteiger partial charge is 0.187 e. The molecular formula is C19H38N4O10. The molecule has 14 nitrogen and oxygen atoms in total. The Hall–Kier alpha value is -0.560. The molecule has 0 aromatic heterocycles. The third-order valence-corrected chi connectivity index (χ3v) is 6.69. The van der Waals surface area contributed by atoms with Gasteiger partial charge in [0.1, 0.15) is 54.4 Å². The van der Waals surface area contributed by atoms with Crippen LogP contribution in [0.1, 0.15) is 13.3 Å². The van der Waals surface area contributed by atoms with Gasteiger partial charge in [-0.1, -0.05) is 0 Å². The Bertz CT molecular complexity index is 646. The number of nitrogens with two attached hydrogens (primary N) is 3. The van der Waals surface area contributed by atoms with Crippen LogP contribution in [0, 0.1) is 0 Å². The fraction of sp³-hybridized carbons (Fsp3) is 1.00. The molecule has 0 radical (unpaired) electrons. The van der Waals surface area contributed by atoms with Gasteiger partial charge in [-0.15, -0.1) is 0 Å². The summed E-state index contributed by atoms with van der Waals surface area (Å²) in [5, 5.41) is 65.2. The van der Waals surface area contributed by atoms with E-state index in [1.165, 1.54) is 6.92 Å². The average Bonchev–Trinajstić information content (AvgIpc) is 2.75. The largest absolute Gasteiger partial charge is 0.388 e. The fourth-order valence-electron chi connectivity index (χ4n) is 4.74. The highest BCUT2D eigenvalue weighted by Gasteiger charge is 2.52. The van der Waals surface area contributed by atoms with Gasteiger partial charge in [0.15, 0.2) is 12.6 Å². The molecule has 2 heterocycles. The van der Waals surface area contributed by atoms with E-state index in [2.05, 4.69) is 5.32 Å². The topological polar surface area (TPSA) is 248 Å². The van der Waals surface area contributed by atoms with Crippen LogP contribution in [0.25, 0.3) is 0 Å². The van der Waals surface area contributed by atoms with Gasteiger partial charge in [0, 0.05) is 18.6 Å². The van der Waals surface area contributed by atoms with Crippen molar-refractivity contribution in [3.05, 3.63) is 0 Å². The maximum atomic E-state index is 11.0. The molecule has 33 heavy (non-hydrogen) atoms. The van der Waals surface area contributed by atoms with Crippen molar-refractivity contribution in [1.29, 1.82) is 0 Å². The maximum absolute atomic E-state index is 11.0. The number of hydrogen-bond donors (Lipinski definition) is 10. The molecule has 14 atom stereocenters. The first-order valence-electron chi connectivity index (χ1n) is 11.0. The van der Waals surface area contributed by atoms with Crippen molar-refractivity contribution in [2.45, 2.75) is 98.5 Å². The molecule has 3 aliphatic rings. The normalized spacial score (nSPS) is 53.7. The molecule has 0 bridgehead atoms. The van der Waals surface area contributed by atoms with Crippen LogP contribution in [-0.4, -0.2) is 136 Å². The Kier molecular flexibility index (Phi) is 8.68. The van der Waals surface area contributed by atoms with Crippen LogP contribution < -0.4 is 22.5 Å². The van der Waals surface area contributed by atoms with E-state index in [4.69, 9.17) is 36.1 Å². The van der Waals surface area contributed by atoms with Crippen LogP contribution in [-0.2, 0) is 18.9 Å². The molecule has 3 rings (SSSR count). The quantitative estimate of drug-likeness (QED) is 0.169. The Morgan fingerprint density at radius 2 is 1.48 bits per heavy atom. The van der Waals surface area contributed by atoms with Gasteiger partial charge in [-0.25, -0.2) is 0 Å². The second-order valence-electron chi connectivity index (χ2n) is 9.30. The summed E-state index contributed by atoms with van der Waals surface area (Å²) in [4.78, 5) is 0.